The van der Waals surface area contributed by atoms with E-state index in [1.165, 1.54) is 13.0 Å². The molecule has 0 bridgehead atoms. The number of carboxylic acids is 1. The van der Waals surface area contributed by atoms with Crippen LogP contribution in [0.15, 0.2) is 24.3 Å². The van der Waals surface area contributed by atoms with Gasteiger partial charge < -0.3 is 5.11 Å². The van der Waals surface area contributed by atoms with Crippen molar-refractivity contribution >= 4 is 22.5 Å². The van der Waals surface area contributed by atoms with Crippen LogP contribution in [-0.2, 0) is 22.0 Å². The maximum Gasteiger partial charge on any atom is 0.307 e. The topological polar surface area (TPSA) is 97.5 Å². The number of para-hydroxylation sites is 1. The molecule has 0 saturated carbocycles. The van der Waals surface area contributed by atoms with Gasteiger partial charge in [0.2, 0.25) is 0 Å². The summed E-state index contributed by atoms with van der Waals surface area (Å²) in [5.74, 6) is -1.37. The summed E-state index contributed by atoms with van der Waals surface area (Å²) in [5, 5.41) is 19.5. The molecule has 0 aliphatic rings. The van der Waals surface area contributed by atoms with E-state index in [4.69, 9.17) is 5.11 Å². The molecule has 0 spiro atoms. The molecule has 6 nitrogen and oxygen atoms in total. The van der Waals surface area contributed by atoms with Gasteiger partial charge in [-0.05, 0) is 6.42 Å². The second-order valence-corrected chi connectivity index (χ2v) is 5.81. The average molecular weight is 285 g/mol. The van der Waals surface area contributed by atoms with Gasteiger partial charge in [0.15, 0.2) is 0 Å². The quantitative estimate of drug-likeness (QED) is 0.606. The summed E-state index contributed by atoms with van der Waals surface area (Å²) < 4.78 is 11.7. The highest BCUT2D eigenvalue weighted by atomic mass is 32.2. The Kier molecular flexibility index (Phi) is 5.62. The summed E-state index contributed by atoms with van der Waals surface area (Å²) in [4.78, 5) is 20.9. The Balaban J connectivity index is 2.60. The summed E-state index contributed by atoms with van der Waals surface area (Å²) >= 11 is 0. The molecule has 2 atom stereocenters. The van der Waals surface area contributed by atoms with Crippen LogP contribution >= 0.6 is 0 Å². The van der Waals surface area contributed by atoms with Gasteiger partial charge in [-0.2, -0.15) is 0 Å². The molecule has 7 heteroatoms. The summed E-state index contributed by atoms with van der Waals surface area (Å²) in [6, 6.07) is 6.28. The number of hydrogen-bond donors (Lipinski definition) is 1. The lowest BCUT2D eigenvalue weighted by Crippen LogP contribution is -2.19. The molecule has 0 aliphatic heterocycles. The Morgan fingerprint density at radius 1 is 1.47 bits per heavy atom. The fraction of sp³-hybridized carbons (Fsp3) is 0.417. The highest BCUT2D eigenvalue weighted by Crippen LogP contribution is 2.18. The molecule has 19 heavy (non-hydrogen) atoms. The Hall–Kier alpha value is -1.76. The minimum absolute atomic E-state index is 0.00535. The highest BCUT2D eigenvalue weighted by Gasteiger charge is 2.17. The zero-order valence-electron chi connectivity index (χ0n) is 10.4. The number of carboxylic acid groups (broad SMARTS) is 1. The van der Waals surface area contributed by atoms with Gasteiger partial charge in [-0.15, -0.1) is 0 Å². The first-order valence-electron chi connectivity index (χ1n) is 5.72. The Bertz CT molecular complexity index is 503. The molecule has 0 heterocycles. The van der Waals surface area contributed by atoms with Crippen LogP contribution < -0.4 is 0 Å². The molecule has 0 radical (unpaired) electrons. The summed E-state index contributed by atoms with van der Waals surface area (Å²) in [5.41, 5.74) is 0.523. The summed E-state index contributed by atoms with van der Waals surface area (Å²) in [7, 11) is -1.30. The van der Waals surface area contributed by atoms with Crippen molar-refractivity contribution in [2.45, 2.75) is 13.3 Å². The van der Waals surface area contributed by atoms with Crippen molar-refractivity contribution in [1.29, 1.82) is 0 Å². The molecule has 104 valence electrons. The summed E-state index contributed by atoms with van der Waals surface area (Å²) in [6.45, 7) is 1.49. The Morgan fingerprint density at radius 3 is 2.68 bits per heavy atom. The first-order valence-corrected chi connectivity index (χ1v) is 7.20. The molecule has 0 aromatic heterocycles. The molecule has 0 fully saturated rings. The molecule has 0 amide bonds. The van der Waals surface area contributed by atoms with E-state index < -0.39 is 27.6 Å². The van der Waals surface area contributed by atoms with Gasteiger partial charge in [-0.3, -0.25) is 19.1 Å². The van der Waals surface area contributed by atoms with Crippen LogP contribution in [-0.4, -0.2) is 31.7 Å². The normalized spacial score (nSPS) is 13.7. The zero-order valence-corrected chi connectivity index (χ0v) is 11.3. The Morgan fingerprint density at radius 2 is 2.11 bits per heavy atom. The van der Waals surface area contributed by atoms with Crippen molar-refractivity contribution in [2.75, 3.05) is 11.5 Å². The molecular formula is C12H15NO5S. The first kappa shape index (κ1) is 15.3. The number of carbonyl (C=O) groups is 1. The van der Waals surface area contributed by atoms with Gasteiger partial charge in [0, 0.05) is 33.9 Å². The number of nitrogens with zero attached hydrogens (tertiary/aromatic N) is 1. The lowest BCUT2D eigenvalue weighted by atomic mass is 10.1. The first-order chi connectivity index (χ1) is 8.91. The maximum absolute atomic E-state index is 11.7. The summed E-state index contributed by atoms with van der Waals surface area (Å²) in [6.07, 6.45) is 0.302. The van der Waals surface area contributed by atoms with E-state index in [9.17, 15) is 19.1 Å². The van der Waals surface area contributed by atoms with Crippen LogP contribution in [0.25, 0.3) is 0 Å². The van der Waals surface area contributed by atoms with Gasteiger partial charge in [0.25, 0.3) is 5.69 Å². The molecule has 1 rings (SSSR count). The van der Waals surface area contributed by atoms with E-state index in [1.54, 1.807) is 18.2 Å². The number of nitro benzene ring substituents is 1. The highest BCUT2D eigenvalue weighted by molar-refractivity contribution is 7.85. The minimum Gasteiger partial charge on any atom is -0.481 e. The van der Waals surface area contributed by atoms with Crippen LogP contribution in [0.3, 0.4) is 0 Å². The molecule has 1 aromatic carbocycles. The van der Waals surface area contributed by atoms with Crippen molar-refractivity contribution in [3.63, 3.8) is 0 Å². The molecular weight excluding hydrogens is 270 g/mol. The number of aliphatic carboxylic acids is 1. The van der Waals surface area contributed by atoms with Crippen molar-refractivity contribution in [3.8, 4) is 0 Å². The molecule has 2 unspecified atom stereocenters. The average Bonchev–Trinajstić information content (AvgIpc) is 2.36. The lowest BCUT2D eigenvalue weighted by molar-refractivity contribution is -0.385. The number of hydrogen-bond acceptors (Lipinski definition) is 4. The van der Waals surface area contributed by atoms with Crippen LogP contribution in [0.4, 0.5) is 5.69 Å². The maximum atomic E-state index is 11.7. The van der Waals surface area contributed by atoms with E-state index in [2.05, 4.69) is 0 Å². The second kappa shape index (κ2) is 6.98. The minimum atomic E-state index is -1.30. The van der Waals surface area contributed by atoms with Gasteiger partial charge in [-0.25, -0.2) is 0 Å². The SMILES string of the molecule is CC(CS(=O)CCc1ccccc1[N+](=O)[O-])C(=O)O. The number of aryl methyl sites for hydroxylation is 1. The molecule has 1 N–H and O–H groups in total. The van der Waals surface area contributed by atoms with Crippen molar-refractivity contribution in [1.82, 2.24) is 0 Å². The lowest BCUT2D eigenvalue weighted by Gasteiger charge is -2.06. The predicted molar refractivity (Wildman–Crippen MR) is 71.5 cm³/mol. The van der Waals surface area contributed by atoms with Gasteiger partial charge in [0.05, 0.1) is 10.8 Å². The molecule has 1 aromatic rings. The van der Waals surface area contributed by atoms with Crippen LogP contribution in [0.1, 0.15) is 12.5 Å². The van der Waals surface area contributed by atoms with Crippen molar-refractivity contribution in [3.05, 3.63) is 39.9 Å². The van der Waals surface area contributed by atoms with Crippen LogP contribution in [0, 0.1) is 16.0 Å². The van der Waals surface area contributed by atoms with E-state index in [1.807, 2.05) is 0 Å². The fourth-order valence-corrected chi connectivity index (χ4v) is 2.87. The monoisotopic (exact) mass is 285 g/mol. The number of rotatable bonds is 7. The molecule has 0 saturated heterocycles. The Labute approximate surface area is 113 Å². The van der Waals surface area contributed by atoms with Gasteiger partial charge >= 0.3 is 5.97 Å². The third kappa shape index (κ3) is 4.78. The largest absolute Gasteiger partial charge is 0.481 e. The number of benzene rings is 1. The molecule has 0 aliphatic carbocycles. The van der Waals surface area contributed by atoms with Crippen molar-refractivity contribution in [2.24, 2.45) is 5.92 Å². The third-order valence-electron chi connectivity index (χ3n) is 2.64. The third-order valence-corrected chi connectivity index (χ3v) is 4.18. The smallest absolute Gasteiger partial charge is 0.307 e. The second-order valence-electron chi connectivity index (χ2n) is 4.19. The van der Waals surface area contributed by atoms with Crippen molar-refractivity contribution < 1.29 is 19.0 Å². The standard InChI is InChI=1S/C12H15NO5S/c1-9(12(14)15)8-19(18)7-6-10-4-2-3-5-11(10)13(16)17/h2-5,9H,6-8H2,1H3,(H,14,15). The van der Waals surface area contributed by atoms with Gasteiger partial charge in [0.1, 0.15) is 0 Å². The van der Waals surface area contributed by atoms with Crippen LogP contribution in [0.2, 0.25) is 0 Å². The predicted octanol–water partition coefficient (Wildman–Crippen LogP) is 1.61. The van der Waals surface area contributed by atoms with E-state index in [0.29, 0.717) is 12.0 Å². The zero-order chi connectivity index (χ0) is 14.4. The van der Waals surface area contributed by atoms with Gasteiger partial charge in [-0.1, -0.05) is 25.1 Å². The van der Waals surface area contributed by atoms with Crippen LogP contribution in [0.5, 0.6) is 0 Å². The van der Waals surface area contributed by atoms with E-state index in [-0.39, 0.29) is 17.2 Å². The number of nitro groups is 1. The van der Waals surface area contributed by atoms with E-state index in [0.717, 1.165) is 0 Å². The fourth-order valence-electron chi connectivity index (χ4n) is 1.56. The van der Waals surface area contributed by atoms with E-state index >= 15 is 0 Å².